The van der Waals surface area contributed by atoms with Gasteiger partial charge in [-0.1, -0.05) is 108 Å². The van der Waals surface area contributed by atoms with Crippen molar-refractivity contribution in [1.29, 1.82) is 0 Å². The van der Waals surface area contributed by atoms with Crippen molar-refractivity contribution in [3.8, 4) is 0 Å². The summed E-state index contributed by atoms with van der Waals surface area (Å²) in [6.07, 6.45) is -1.16. The minimum absolute atomic E-state index is 0.0505. The maximum absolute atomic E-state index is 12.7. The lowest BCUT2D eigenvalue weighted by atomic mass is 10.0. The first-order chi connectivity index (χ1) is 22.2. The number of carbonyl (C=O) groups excluding carboxylic acids is 5. The van der Waals surface area contributed by atoms with Gasteiger partial charge in [-0.05, 0) is 52.5 Å². The molecule has 0 saturated heterocycles. The molecule has 4 amide bonds. The van der Waals surface area contributed by atoms with Gasteiger partial charge in [0.25, 0.3) is 0 Å². The van der Waals surface area contributed by atoms with Gasteiger partial charge in [-0.15, -0.1) is 0 Å². The number of hydrogen-bond acceptors (Lipinski definition) is 7. The van der Waals surface area contributed by atoms with E-state index >= 15 is 0 Å². The molecule has 11 heteroatoms. The maximum Gasteiger partial charge on any atom is 0.408 e. The number of nitrogens with one attached hydrogen (secondary N) is 4. The normalized spacial score (nSPS) is 11.2. The summed E-state index contributed by atoms with van der Waals surface area (Å²) in [6, 6.07) is 17.4. The molecule has 0 aromatic heterocycles. The first kappa shape index (κ1) is 44.7. The molecule has 0 saturated carbocycles. The van der Waals surface area contributed by atoms with E-state index in [1.54, 1.807) is 20.8 Å². The number of carbonyl (C=O) groups is 5. The zero-order chi connectivity index (χ0) is 36.4. The Morgan fingerprint density at radius 1 is 0.745 bits per heavy atom. The summed E-state index contributed by atoms with van der Waals surface area (Å²) in [4.78, 5) is 60.9. The fraction of sp³-hybridized carbons (Fsp3) is 0.528. The van der Waals surface area contributed by atoms with Gasteiger partial charge in [0.15, 0.2) is 5.78 Å². The Morgan fingerprint density at radius 2 is 1.28 bits per heavy atom. The lowest BCUT2D eigenvalue weighted by Gasteiger charge is -2.22. The van der Waals surface area contributed by atoms with E-state index in [1.165, 1.54) is 12.5 Å². The van der Waals surface area contributed by atoms with Crippen molar-refractivity contribution in [2.24, 2.45) is 5.92 Å². The number of aryl methyl sites for hydroxylation is 1. The molecular formula is C36H58N4O7. The summed E-state index contributed by atoms with van der Waals surface area (Å²) in [5.41, 5.74) is 1.41. The minimum Gasteiger partial charge on any atom is -0.445 e. The Kier molecular flexibility index (Phi) is 24.5. The molecule has 11 nitrogen and oxygen atoms in total. The van der Waals surface area contributed by atoms with E-state index in [1.807, 2.05) is 90.1 Å². The van der Waals surface area contributed by atoms with E-state index in [9.17, 15) is 24.0 Å². The molecule has 2 atom stereocenters. The topological polar surface area (TPSA) is 152 Å². The monoisotopic (exact) mass is 658 g/mol. The van der Waals surface area contributed by atoms with Crippen molar-refractivity contribution in [2.75, 3.05) is 13.1 Å². The zero-order valence-electron chi connectivity index (χ0n) is 30.2. The largest absolute Gasteiger partial charge is 0.445 e. The highest BCUT2D eigenvalue weighted by molar-refractivity contribution is 5.92. The number of alkyl carbamates (subject to hydrolysis) is 2. The first-order valence-corrected chi connectivity index (χ1v) is 16.2. The van der Waals surface area contributed by atoms with E-state index < -0.39 is 48.2 Å². The van der Waals surface area contributed by atoms with E-state index in [0.717, 1.165) is 5.56 Å². The molecule has 2 aromatic rings. The molecule has 0 aliphatic rings. The third-order valence-electron chi connectivity index (χ3n) is 5.57. The van der Waals surface area contributed by atoms with Gasteiger partial charge in [-0.2, -0.15) is 0 Å². The van der Waals surface area contributed by atoms with Crippen LogP contribution in [-0.4, -0.2) is 60.6 Å². The molecule has 0 fully saturated rings. The molecule has 2 rings (SSSR count). The van der Waals surface area contributed by atoms with Crippen LogP contribution >= 0.6 is 0 Å². The molecule has 0 heterocycles. The van der Waals surface area contributed by atoms with Gasteiger partial charge >= 0.3 is 12.2 Å². The third-order valence-corrected chi connectivity index (χ3v) is 5.57. The van der Waals surface area contributed by atoms with Crippen LogP contribution in [-0.2, 0) is 30.5 Å². The van der Waals surface area contributed by atoms with Crippen LogP contribution in [0, 0.1) is 12.8 Å². The van der Waals surface area contributed by atoms with Gasteiger partial charge in [0.2, 0.25) is 11.8 Å². The molecule has 47 heavy (non-hydrogen) atoms. The molecule has 2 unspecified atom stereocenters. The standard InChI is InChI=1S/C25H38N4O7.C7H8.2C2H6/c1-16(2)12-19(29-24(34)35-15-18-10-8-7-9-11-18)22(32)26-14-21(31)28-20(17(3)30)13-27-23(33)36-25(4,5)6;1-7-5-3-2-4-6-7;2*1-2/h7-11,16,19-20H,12-15H2,1-6H3,(H,26,32)(H,27,33)(H,28,31)(H,29,34);2-6H,1H3;2*1-2H3. The van der Waals surface area contributed by atoms with Gasteiger partial charge in [0.1, 0.15) is 24.3 Å². The lowest BCUT2D eigenvalue weighted by Crippen LogP contribution is -2.53. The molecule has 4 N–H and O–H groups in total. The highest BCUT2D eigenvalue weighted by Gasteiger charge is 2.25. The number of ether oxygens (including phenoxy) is 2. The van der Waals surface area contributed by atoms with Crippen molar-refractivity contribution in [2.45, 2.75) is 107 Å². The quantitative estimate of drug-likeness (QED) is 0.215. The average molecular weight is 659 g/mol. The number of amides is 4. The van der Waals surface area contributed by atoms with Gasteiger partial charge in [0, 0.05) is 6.54 Å². The van der Waals surface area contributed by atoms with Crippen LogP contribution in [0.4, 0.5) is 9.59 Å². The number of ketones is 1. The van der Waals surface area contributed by atoms with Crippen LogP contribution < -0.4 is 21.3 Å². The molecule has 0 spiro atoms. The highest BCUT2D eigenvalue weighted by atomic mass is 16.6. The van der Waals surface area contributed by atoms with E-state index in [-0.39, 0.29) is 24.9 Å². The van der Waals surface area contributed by atoms with Crippen LogP contribution in [0.5, 0.6) is 0 Å². The first-order valence-electron chi connectivity index (χ1n) is 16.2. The Hall–Kier alpha value is -4.41. The van der Waals surface area contributed by atoms with E-state index in [4.69, 9.17) is 9.47 Å². The van der Waals surface area contributed by atoms with Crippen molar-refractivity contribution >= 4 is 29.8 Å². The van der Waals surface area contributed by atoms with Gasteiger partial charge < -0.3 is 30.7 Å². The zero-order valence-corrected chi connectivity index (χ0v) is 30.2. The van der Waals surface area contributed by atoms with Crippen LogP contribution in [0.1, 0.15) is 86.8 Å². The second-order valence-corrected chi connectivity index (χ2v) is 11.4. The number of rotatable bonds is 12. The van der Waals surface area contributed by atoms with Gasteiger partial charge in [-0.3, -0.25) is 14.4 Å². The third kappa shape index (κ3) is 24.5. The van der Waals surface area contributed by atoms with Gasteiger partial charge in [0.05, 0.1) is 6.54 Å². The van der Waals surface area contributed by atoms with Crippen LogP contribution in [0.25, 0.3) is 0 Å². The summed E-state index contributed by atoms with van der Waals surface area (Å²) in [5, 5.41) is 9.89. The Bertz CT molecular complexity index is 1170. The van der Waals surface area contributed by atoms with Crippen LogP contribution in [0.15, 0.2) is 60.7 Å². The predicted molar refractivity (Wildman–Crippen MR) is 187 cm³/mol. The fourth-order valence-electron chi connectivity index (χ4n) is 3.48. The number of Topliss-reactive ketones (excluding diaryl/α,β-unsaturated/α-hetero) is 1. The summed E-state index contributed by atoms with van der Waals surface area (Å²) in [5.74, 6) is -1.51. The highest BCUT2D eigenvalue weighted by Crippen LogP contribution is 2.07. The number of benzene rings is 2. The molecular weight excluding hydrogens is 600 g/mol. The summed E-state index contributed by atoms with van der Waals surface area (Å²) < 4.78 is 10.3. The van der Waals surface area contributed by atoms with Crippen molar-refractivity contribution in [3.05, 3.63) is 71.8 Å². The van der Waals surface area contributed by atoms with Crippen molar-refractivity contribution < 1.29 is 33.4 Å². The second-order valence-electron chi connectivity index (χ2n) is 11.4. The molecule has 0 aliphatic carbocycles. The molecule has 0 aliphatic heterocycles. The molecule has 0 bridgehead atoms. The predicted octanol–water partition coefficient (Wildman–Crippen LogP) is 6.09. The summed E-state index contributed by atoms with van der Waals surface area (Å²) >= 11 is 0. The van der Waals surface area contributed by atoms with Gasteiger partial charge in [-0.25, -0.2) is 9.59 Å². The maximum atomic E-state index is 12.7. The second kappa shape index (κ2) is 25.7. The Morgan fingerprint density at radius 3 is 1.72 bits per heavy atom. The number of hydrogen-bond donors (Lipinski definition) is 4. The van der Waals surface area contributed by atoms with Crippen molar-refractivity contribution in [3.63, 3.8) is 0 Å². The summed E-state index contributed by atoms with van der Waals surface area (Å²) in [6.45, 7) is 19.7. The average Bonchev–Trinajstić information content (AvgIpc) is 3.02. The molecule has 0 radical (unpaired) electrons. The lowest BCUT2D eigenvalue weighted by molar-refractivity contribution is -0.129. The van der Waals surface area contributed by atoms with E-state index in [0.29, 0.717) is 6.42 Å². The Balaban J connectivity index is 0. The molecule has 2 aromatic carbocycles. The van der Waals surface area contributed by atoms with Crippen molar-refractivity contribution in [1.82, 2.24) is 21.3 Å². The Labute approximate surface area is 281 Å². The van der Waals surface area contributed by atoms with Crippen LogP contribution in [0.2, 0.25) is 0 Å². The van der Waals surface area contributed by atoms with E-state index in [2.05, 4.69) is 40.3 Å². The smallest absolute Gasteiger partial charge is 0.408 e. The minimum atomic E-state index is -1.00. The summed E-state index contributed by atoms with van der Waals surface area (Å²) in [7, 11) is 0. The molecule has 264 valence electrons. The fourth-order valence-corrected chi connectivity index (χ4v) is 3.48. The van der Waals surface area contributed by atoms with Crippen LogP contribution in [0.3, 0.4) is 0 Å². The SMILES string of the molecule is CC.CC.CC(=O)C(CNC(=O)OC(C)(C)C)NC(=O)CNC(=O)C(CC(C)C)NC(=O)OCc1ccccc1.Cc1ccccc1.